The highest BCUT2D eigenvalue weighted by Crippen LogP contribution is 2.39. The van der Waals surface area contributed by atoms with Gasteiger partial charge in [-0.05, 0) is 19.3 Å². The van der Waals surface area contributed by atoms with E-state index in [1.807, 2.05) is 6.08 Å². The highest BCUT2D eigenvalue weighted by Gasteiger charge is 2.60. The largest absolute Gasteiger partial charge is 0.477 e. The summed E-state index contributed by atoms with van der Waals surface area (Å²) < 4.78 is 35.0. The monoisotopic (exact) mass is 1560 g/mol. The number of aliphatic carboxylic acids is 1. The molecule has 0 aliphatic carbocycles. The summed E-state index contributed by atoms with van der Waals surface area (Å²) in [6, 6.07) is -2.62. The molecule has 3 aliphatic rings. The van der Waals surface area contributed by atoms with Gasteiger partial charge in [-0.15, -0.1) is 0 Å². The predicted octanol–water partition coefficient (Wildman–Crippen LogP) is 13.7. The van der Waals surface area contributed by atoms with Crippen molar-refractivity contribution in [3.05, 3.63) is 12.2 Å². The number of carbonyl (C=O) groups is 3. The molecule has 3 heterocycles. The Morgan fingerprint density at radius 1 is 0.477 bits per heavy atom. The molecule has 3 rings (SSSR count). The van der Waals surface area contributed by atoms with Gasteiger partial charge >= 0.3 is 5.97 Å². The van der Waals surface area contributed by atoms with Crippen LogP contribution in [-0.4, -0.2) is 215 Å². The van der Waals surface area contributed by atoms with Crippen LogP contribution in [0.25, 0.3) is 0 Å². The van der Waals surface area contributed by atoms with E-state index in [2.05, 4.69) is 24.5 Å². The van der Waals surface area contributed by atoms with Gasteiger partial charge in [0.2, 0.25) is 11.8 Å². The van der Waals surface area contributed by atoms with Crippen molar-refractivity contribution in [1.82, 2.24) is 10.6 Å². The maximum absolute atomic E-state index is 13.6. The fourth-order valence-electron chi connectivity index (χ4n) is 15.7. The van der Waals surface area contributed by atoms with Gasteiger partial charge in [0.1, 0.15) is 67.1 Å². The van der Waals surface area contributed by atoms with E-state index in [-0.39, 0.29) is 12.3 Å². The first-order chi connectivity index (χ1) is 52.9. The van der Waals surface area contributed by atoms with E-state index in [0.717, 1.165) is 51.9 Å². The smallest absolute Gasteiger partial charge is 0.364 e. The van der Waals surface area contributed by atoms with E-state index in [4.69, 9.17) is 28.4 Å². The molecule has 0 aromatic heterocycles. The van der Waals surface area contributed by atoms with Crippen molar-refractivity contribution in [3.63, 3.8) is 0 Å². The Kier molecular flexibility index (Phi) is 59.7. The number of amides is 2. The van der Waals surface area contributed by atoms with Crippen LogP contribution >= 0.6 is 0 Å². The number of aliphatic hydroxyl groups excluding tert-OH is 11. The quantitative estimate of drug-likeness (QED) is 0.0199. The number of nitrogens with one attached hydrogen (secondary N) is 2. The second kappa shape index (κ2) is 64.6. The summed E-state index contributed by atoms with van der Waals surface area (Å²) in [5, 5.41) is 137. The van der Waals surface area contributed by atoms with Gasteiger partial charge < -0.3 is 100 Å². The van der Waals surface area contributed by atoms with Crippen LogP contribution in [0, 0.1) is 0 Å². The molecule has 0 aromatic rings. The molecule has 3 fully saturated rings. The van der Waals surface area contributed by atoms with Crippen molar-refractivity contribution in [3.8, 4) is 0 Å². The van der Waals surface area contributed by atoms with Gasteiger partial charge in [0, 0.05) is 19.8 Å². The molecule has 3 saturated heterocycles. The van der Waals surface area contributed by atoms with Gasteiger partial charge in [-0.1, -0.05) is 353 Å². The minimum absolute atomic E-state index is 0.206. The first-order valence-corrected chi connectivity index (χ1v) is 44.6. The SMILES string of the molecule is CCCCCCCCCCCCCCCCCCCCCC/C=C/C(O)C(COC1OC(CO)C(OC2OC(CO)C(O)C(OC3(C(=O)O)CC(O)C(NC(C)=O)C(C(O)C(O)CO)O3)C2O)C(O)C1O)NC(=O)CCCCCCCCCCCCCCCCCCCCCCCCCCCCCCCCCCC. The number of allylic oxidation sites excluding steroid dienone is 1. The lowest BCUT2D eigenvalue weighted by atomic mass is 9.88. The minimum atomic E-state index is -3.08. The second-order valence-corrected chi connectivity index (χ2v) is 32.5. The number of unbranched alkanes of at least 4 members (excludes halogenated alkanes) is 52. The zero-order chi connectivity index (χ0) is 79.5. The third-order valence-corrected chi connectivity index (χ3v) is 22.7. The van der Waals surface area contributed by atoms with Crippen LogP contribution in [0.3, 0.4) is 0 Å². The fourth-order valence-corrected chi connectivity index (χ4v) is 15.7. The van der Waals surface area contributed by atoms with E-state index in [0.29, 0.717) is 12.8 Å². The van der Waals surface area contributed by atoms with Crippen LogP contribution < -0.4 is 10.6 Å². The number of hydrogen-bond acceptors (Lipinski definition) is 20. The summed E-state index contributed by atoms with van der Waals surface area (Å²) in [4.78, 5) is 38.8. The summed E-state index contributed by atoms with van der Waals surface area (Å²) >= 11 is 0. The van der Waals surface area contributed by atoms with E-state index in [1.54, 1.807) is 6.08 Å². The highest BCUT2D eigenvalue weighted by atomic mass is 16.8. The van der Waals surface area contributed by atoms with Crippen LogP contribution in [0.5, 0.6) is 0 Å². The van der Waals surface area contributed by atoms with Gasteiger partial charge in [-0.25, -0.2) is 4.79 Å². The van der Waals surface area contributed by atoms with Gasteiger partial charge in [-0.3, -0.25) is 9.59 Å². The molecule has 14 N–H and O–H groups in total. The minimum Gasteiger partial charge on any atom is -0.477 e. The molecule has 18 atom stereocenters. The first-order valence-electron chi connectivity index (χ1n) is 44.6. The number of rotatable bonds is 72. The van der Waals surface area contributed by atoms with Gasteiger partial charge in [0.05, 0.1) is 50.7 Å². The van der Waals surface area contributed by atoms with E-state index < -0.39 is 155 Å². The van der Waals surface area contributed by atoms with Crippen LogP contribution in [0.15, 0.2) is 12.2 Å². The molecule has 3 aliphatic heterocycles. The molecule has 0 bridgehead atoms. The average Bonchev–Trinajstić information content (AvgIpc) is 0.754. The third-order valence-electron chi connectivity index (χ3n) is 22.7. The maximum atomic E-state index is 13.6. The number of carboxylic acid groups (broad SMARTS) is 1. The molecule has 0 radical (unpaired) electrons. The molecule has 18 unspecified atom stereocenters. The van der Waals surface area contributed by atoms with Crippen molar-refractivity contribution in [2.24, 2.45) is 0 Å². The Balaban J connectivity index is 1.45. The molecule has 642 valence electrons. The highest BCUT2D eigenvalue weighted by molar-refractivity contribution is 5.77. The molecule has 2 amide bonds. The Bertz CT molecular complexity index is 2210. The topological polar surface area (TPSA) is 373 Å². The summed E-state index contributed by atoms with van der Waals surface area (Å²) in [5.41, 5.74) is 0. The third kappa shape index (κ3) is 43.9. The second-order valence-electron chi connectivity index (χ2n) is 32.5. The molecule has 0 spiro atoms. The fraction of sp³-hybridized carbons (Fsp3) is 0.942. The first kappa shape index (κ1) is 101. The predicted molar refractivity (Wildman–Crippen MR) is 426 cm³/mol. The lowest BCUT2D eigenvalue weighted by molar-refractivity contribution is -0.386. The number of aliphatic hydroxyl groups is 11. The van der Waals surface area contributed by atoms with Crippen LogP contribution in [0.2, 0.25) is 0 Å². The molecule has 0 aromatic carbocycles. The standard InChI is InChI=1S/C86H162N2O21/c1-4-6-8-10-12-14-16-18-20-22-24-26-28-29-30-31-32-33-34-35-36-37-38-40-42-44-46-48-50-52-54-56-58-60-73(96)88-67(68(93)59-57-55-53-51-49-47-45-43-41-39-27-25-23-21-19-17-15-13-11-9-7-5-2)65-104-83-78(100)77(99)80(72(64-91)106-83)107-84-79(101)82(76(98)71(63-90)105-84)109-86(85(102)103)61-69(94)74(87-66(3)92)81(108-86)75(97)70(95)62-89/h57,59,67-72,74-84,89-91,93-95,97-101H,4-56,58,60-65H2,1-3H3,(H,87,92)(H,88,96)(H,102,103)/b59-57+. The average molecular weight is 1560 g/mol. The number of carboxylic acids is 1. The summed E-state index contributed by atoms with van der Waals surface area (Å²) in [6.45, 7) is 2.22. The number of hydrogen-bond donors (Lipinski definition) is 14. The van der Waals surface area contributed by atoms with Gasteiger partial charge in [0.15, 0.2) is 12.6 Å². The van der Waals surface area contributed by atoms with Gasteiger partial charge in [0.25, 0.3) is 5.79 Å². The maximum Gasteiger partial charge on any atom is 0.364 e. The van der Waals surface area contributed by atoms with Crippen molar-refractivity contribution in [2.45, 2.75) is 490 Å². The van der Waals surface area contributed by atoms with E-state index in [1.165, 1.54) is 289 Å². The lowest BCUT2D eigenvalue weighted by Gasteiger charge is -2.50. The zero-order valence-electron chi connectivity index (χ0n) is 68.4. The molecular formula is C86H162N2O21. The lowest BCUT2D eigenvalue weighted by Crippen LogP contribution is -2.70. The van der Waals surface area contributed by atoms with Crippen molar-refractivity contribution in [1.29, 1.82) is 0 Å². The van der Waals surface area contributed by atoms with Crippen molar-refractivity contribution in [2.75, 3.05) is 26.4 Å². The zero-order valence-corrected chi connectivity index (χ0v) is 68.4. The summed E-state index contributed by atoms with van der Waals surface area (Å²) in [7, 11) is 0. The van der Waals surface area contributed by atoms with Crippen LogP contribution in [-0.2, 0) is 42.8 Å². The summed E-state index contributed by atoms with van der Waals surface area (Å²) in [6.07, 6.45) is 44.1. The Hall–Kier alpha value is -2.53. The van der Waals surface area contributed by atoms with Crippen molar-refractivity contribution >= 4 is 17.8 Å². The molecule has 23 heteroatoms. The Morgan fingerprint density at radius 2 is 0.853 bits per heavy atom. The van der Waals surface area contributed by atoms with E-state index >= 15 is 0 Å². The van der Waals surface area contributed by atoms with Gasteiger partial charge in [-0.2, -0.15) is 0 Å². The van der Waals surface area contributed by atoms with Crippen molar-refractivity contribution < 1.29 is 104 Å². The number of carbonyl (C=O) groups excluding carboxylic acids is 2. The number of ether oxygens (including phenoxy) is 6. The van der Waals surface area contributed by atoms with Crippen LogP contribution in [0.4, 0.5) is 0 Å². The molecule has 0 saturated carbocycles. The molecule has 109 heavy (non-hydrogen) atoms. The molecular weight excluding hydrogens is 1400 g/mol. The van der Waals surface area contributed by atoms with Crippen LogP contribution in [0.1, 0.15) is 380 Å². The normalized spacial score (nSPS) is 25.7. The molecule has 23 nitrogen and oxygen atoms in total. The Labute approximate surface area is 658 Å². The summed E-state index contributed by atoms with van der Waals surface area (Å²) in [5.74, 6) is -6.13. The van der Waals surface area contributed by atoms with E-state index in [9.17, 15) is 75.7 Å². The Morgan fingerprint density at radius 3 is 1.22 bits per heavy atom.